The highest BCUT2D eigenvalue weighted by Crippen LogP contribution is 2.25. The van der Waals surface area contributed by atoms with Crippen molar-refractivity contribution in [3.8, 4) is 23.7 Å². The van der Waals surface area contributed by atoms with Crippen molar-refractivity contribution >= 4 is 11.6 Å². The molecule has 0 heterocycles. The summed E-state index contributed by atoms with van der Waals surface area (Å²) in [7, 11) is 0. The van der Waals surface area contributed by atoms with Gasteiger partial charge in [0.15, 0.2) is 0 Å². The summed E-state index contributed by atoms with van der Waals surface area (Å²) in [6.45, 7) is 7.90. The maximum Gasteiger partial charge on any atom is 0.236 e. The van der Waals surface area contributed by atoms with E-state index in [4.69, 9.17) is 0 Å². The minimum absolute atomic E-state index is 0.206. The summed E-state index contributed by atoms with van der Waals surface area (Å²) in [6, 6.07) is 18.1. The van der Waals surface area contributed by atoms with Crippen LogP contribution in [0.1, 0.15) is 54.1 Å². The van der Waals surface area contributed by atoms with Gasteiger partial charge < -0.3 is 0 Å². The zero-order valence-corrected chi connectivity index (χ0v) is 17.6. The van der Waals surface area contributed by atoms with Crippen LogP contribution in [0.4, 0.5) is 0 Å². The zero-order chi connectivity index (χ0) is 21.7. The van der Waals surface area contributed by atoms with E-state index in [0.717, 1.165) is 33.4 Å². The highest BCUT2D eigenvalue weighted by Gasteiger charge is 2.13. The molecule has 30 heavy (non-hydrogen) atoms. The summed E-state index contributed by atoms with van der Waals surface area (Å²) >= 11 is 0. The van der Waals surface area contributed by atoms with E-state index in [9.17, 15) is 9.59 Å². The van der Waals surface area contributed by atoms with Crippen LogP contribution in [0, 0.1) is 51.4 Å². The van der Waals surface area contributed by atoms with Crippen LogP contribution >= 0.6 is 0 Å². The topological polar surface area (TPSA) is 34.1 Å². The van der Waals surface area contributed by atoms with Gasteiger partial charge in [0.1, 0.15) is 0 Å². The largest absolute Gasteiger partial charge is 0.279 e. The molecule has 0 saturated carbocycles. The number of hydrogen-bond acceptors (Lipinski definition) is 2. The third-order valence-electron chi connectivity index (χ3n) is 5.30. The molecule has 0 atom stereocenters. The van der Waals surface area contributed by atoms with Gasteiger partial charge in [-0.2, -0.15) is 0 Å². The standard InChI is InChI=1S/C28H22O2/c1-19-20(2)26(16-18-28(30)24-13-9-6-10-14-24)22(4)21(3)25(19)15-17-27(29)23-11-7-5-8-12-23/h5-14H,1-4H3. The fraction of sp³-hybridized carbons (Fsp3) is 0.143. The molecule has 0 saturated heterocycles. The number of carbonyl (C=O) groups is 2. The van der Waals surface area contributed by atoms with E-state index in [1.165, 1.54) is 0 Å². The molecule has 0 unspecified atom stereocenters. The van der Waals surface area contributed by atoms with Crippen LogP contribution in [0.3, 0.4) is 0 Å². The molecule has 0 aliphatic heterocycles. The van der Waals surface area contributed by atoms with Gasteiger partial charge in [0.2, 0.25) is 11.6 Å². The van der Waals surface area contributed by atoms with Crippen molar-refractivity contribution in [2.75, 3.05) is 0 Å². The Bertz CT molecular complexity index is 1110. The van der Waals surface area contributed by atoms with Crippen molar-refractivity contribution in [2.24, 2.45) is 0 Å². The van der Waals surface area contributed by atoms with Crippen molar-refractivity contribution in [1.82, 2.24) is 0 Å². The molecule has 0 aromatic heterocycles. The molecule has 3 aromatic rings. The van der Waals surface area contributed by atoms with Crippen molar-refractivity contribution in [1.29, 1.82) is 0 Å². The van der Waals surface area contributed by atoms with Crippen molar-refractivity contribution in [2.45, 2.75) is 27.7 Å². The minimum atomic E-state index is -0.206. The molecule has 146 valence electrons. The van der Waals surface area contributed by atoms with E-state index in [1.807, 2.05) is 64.1 Å². The number of carbonyl (C=O) groups excluding carboxylic acids is 2. The zero-order valence-electron chi connectivity index (χ0n) is 17.6. The summed E-state index contributed by atoms with van der Waals surface area (Å²) in [5, 5.41) is 0. The average Bonchev–Trinajstić information content (AvgIpc) is 2.78. The predicted octanol–water partition coefficient (Wildman–Crippen LogP) is 5.39. The lowest BCUT2D eigenvalue weighted by Crippen LogP contribution is -2.02. The van der Waals surface area contributed by atoms with Gasteiger partial charge in [-0.15, -0.1) is 0 Å². The fourth-order valence-corrected chi connectivity index (χ4v) is 3.25. The lowest BCUT2D eigenvalue weighted by atomic mass is 9.89. The maximum absolute atomic E-state index is 12.4. The smallest absolute Gasteiger partial charge is 0.236 e. The normalized spacial score (nSPS) is 9.73. The highest BCUT2D eigenvalue weighted by molar-refractivity contribution is 6.10. The van der Waals surface area contributed by atoms with Crippen LogP contribution in [0.15, 0.2) is 60.7 Å². The Balaban J connectivity index is 1.98. The first-order valence-electron chi connectivity index (χ1n) is 9.73. The van der Waals surface area contributed by atoms with Crippen LogP contribution in [0.25, 0.3) is 0 Å². The second-order valence-corrected chi connectivity index (χ2v) is 7.14. The third kappa shape index (κ3) is 4.40. The summed E-state index contributed by atoms with van der Waals surface area (Å²) in [4.78, 5) is 24.7. The van der Waals surface area contributed by atoms with Crippen molar-refractivity contribution < 1.29 is 9.59 Å². The Hall–Kier alpha value is -3.88. The van der Waals surface area contributed by atoms with E-state index in [2.05, 4.69) is 23.7 Å². The summed E-state index contributed by atoms with van der Waals surface area (Å²) < 4.78 is 0. The molecule has 0 bridgehead atoms. The molecule has 0 amide bonds. The van der Waals surface area contributed by atoms with E-state index in [-0.39, 0.29) is 11.6 Å². The Morgan fingerprint density at radius 3 is 1.13 bits per heavy atom. The number of Topliss-reactive ketones (excluding diaryl/α,β-unsaturated/α-hetero) is 2. The second-order valence-electron chi connectivity index (χ2n) is 7.14. The Morgan fingerprint density at radius 2 is 0.833 bits per heavy atom. The molecule has 3 aromatic carbocycles. The monoisotopic (exact) mass is 390 g/mol. The van der Waals surface area contributed by atoms with Crippen LogP contribution in [-0.4, -0.2) is 11.6 Å². The third-order valence-corrected chi connectivity index (χ3v) is 5.30. The van der Waals surface area contributed by atoms with Gasteiger partial charge in [0.25, 0.3) is 0 Å². The van der Waals surface area contributed by atoms with Gasteiger partial charge in [-0.05, 0) is 61.8 Å². The van der Waals surface area contributed by atoms with E-state index in [1.54, 1.807) is 24.3 Å². The van der Waals surface area contributed by atoms with Crippen LogP contribution in [-0.2, 0) is 0 Å². The summed E-state index contributed by atoms with van der Waals surface area (Å²) in [5.74, 6) is 11.2. The molecule has 0 radical (unpaired) electrons. The Kier molecular flexibility index (Phi) is 6.31. The lowest BCUT2D eigenvalue weighted by molar-refractivity contribution is 0.104. The minimum Gasteiger partial charge on any atom is -0.279 e. The summed E-state index contributed by atoms with van der Waals surface area (Å²) in [6.07, 6.45) is 0. The molecular weight excluding hydrogens is 368 g/mol. The van der Waals surface area contributed by atoms with Gasteiger partial charge in [0.05, 0.1) is 0 Å². The predicted molar refractivity (Wildman–Crippen MR) is 121 cm³/mol. The molecule has 2 nitrogen and oxygen atoms in total. The second kappa shape index (κ2) is 9.08. The van der Waals surface area contributed by atoms with Crippen molar-refractivity contribution in [3.05, 3.63) is 105 Å². The average molecular weight is 390 g/mol. The molecule has 0 spiro atoms. The van der Waals surface area contributed by atoms with Gasteiger partial charge in [0, 0.05) is 22.3 Å². The molecule has 2 heteroatoms. The quantitative estimate of drug-likeness (QED) is 0.434. The first-order valence-corrected chi connectivity index (χ1v) is 9.73. The van der Waals surface area contributed by atoms with E-state index < -0.39 is 0 Å². The van der Waals surface area contributed by atoms with Crippen LogP contribution in [0.2, 0.25) is 0 Å². The van der Waals surface area contributed by atoms with Gasteiger partial charge in [-0.25, -0.2) is 0 Å². The first-order chi connectivity index (χ1) is 14.4. The molecule has 0 N–H and O–H groups in total. The lowest BCUT2D eigenvalue weighted by Gasteiger charge is -2.14. The maximum atomic E-state index is 12.4. The number of hydrogen-bond donors (Lipinski definition) is 0. The van der Waals surface area contributed by atoms with Crippen molar-refractivity contribution in [3.63, 3.8) is 0 Å². The molecule has 0 aliphatic carbocycles. The SMILES string of the molecule is Cc1c(C)c(C#CC(=O)c2ccccc2)c(C)c(C)c1C#CC(=O)c1ccccc1. The summed E-state index contributed by atoms with van der Waals surface area (Å²) in [5.41, 5.74) is 6.74. The molecule has 0 aliphatic rings. The van der Waals surface area contributed by atoms with Gasteiger partial charge in [-0.1, -0.05) is 72.5 Å². The molecule has 0 fully saturated rings. The fourth-order valence-electron chi connectivity index (χ4n) is 3.25. The van der Waals surface area contributed by atoms with Crippen LogP contribution < -0.4 is 0 Å². The first kappa shape index (κ1) is 20.8. The van der Waals surface area contributed by atoms with Gasteiger partial charge in [-0.3, -0.25) is 9.59 Å². The van der Waals surface area contributed by atoms with E-state index in [0.29, 0.717) is 11.1 Å². The Labute approximate surface area is 178 Å². The van der Waals surface area contributed by atoms with Crippen LogP contribution in [0.5, 0.6) is 0 Å². The Morgan fingerprint density at radius 1 is 0.533 bits per heavy atom. The number of rotatable bonds is 2. The van der Waals surface area contributed by atoms with E-state index >= 15 is 0 Å². The number of ketones is 2. The number of benzene rings is 3. The molecule has 3 rings (SSSR count). The molecular formula is C28H22O2. The van der Waals surface area contributed by atoms with Gasteiger partial charge >= 0.3 is 0 Å². The highest BCUT2D eigenvalue weighted by atomic mass is 16.1.